The molecule has 0 aromatic heterocycles. The van der Waals surface area contributed by atoms with Crippen LogP contribution in [0.25, 0.3) is 6.08 Å². The molecule has 1 aromatic carbocycles. The van der Waals surface area contributed by atoms with Gasteiger partial charge in [0.15, 0.2) is 0 Å². The van der Waals surface area contributed by atoms with Crippen LogP contribution in [0.4, 0.5) is 4.39 Å². The van der Waals surface area contributed by atoms with Crippen LogP contribution >= 0.6 is 0 Å². The first kappa shape index (κ1) is 11.1. The van der Waals surface area contributed by atoms with Gasteiger partial charge in [0.2, 0.25) is 0 Å². The maximum Gasteiger partial charge on any atom is 0.307 e. The SMILES string of the molecule is O=CC=Cc1cc(F)ccc1CC(=O)O. The molecule has 0 spiro atoms. The summed E-state index contributed by atoms with van der Waals surface area (Å²) in [6.45, 7) is 0. The van der Waals surface area contributed by atoms with Crippen molar-refractivity contribution in [2.75, 3.05) is 0 Å². The van der Waals surface area contributed by atoms with E-state index in [0.29, 0.717) is 17.4 Å². The Morgan fingerprint density at radius 2 is 2.20 bits per heavy atom. The molecular weight excluding hydrogens is 199 g/mol. The van der Waals surface area contributed by atoms with Crippen molar-refractivity contribution in [1.29, 1.82) is 0 Å². The normalized spacial score (nSPS) is 10.5. The van der Waals surface area contributed by atoms with Crippen LogP contribution in [-0.4, -0.2) is 17.4 Å². The van der Waals surface area contributed by atoms with Crippen LogP contribution in [0.1, 0.15) is 11.1 Å². The van der Waals surface area contributed by atoms with E-state index >= 15 is 0 Å². The molecule has 1 rings (SSSR count). The molecule has 0 heterocycles. The number of carboxylic acid groups (broad SMARTS) is 1. The van der Waals surface area contributed by atoms with Crippen LogP contribution in [-0.2, 0) is 16.0 Å². The molecule has 0 atom stereocenters. The fraction of sp³-hybridized carbons (Fsp3) is 0.0909. The Bertz CT molecular complexity index is 410. The molecule has 0 aliphatic heterocycles. The Morgan fingerprint density at radius 1 is 1.47 bits per heavy atom. The molecule has 4 heteroatoms. The first-order valence-corrected chi connectivity index (χ1v) is 4.25. The maximum absolute atomic E-state index is 12.8. The summed E-state index contributed by atoms with van der Waals surface area (Å²) in [5.74, 6) is -1.46. The second kappa shape index (κ2) is 5.05. The van der Waals surface area contributed by atoms with E-state index < -0.39 is 11.8 Å². The lowest BCUT2D eigenvalue weighted by molar-refractivity contribution is -0.136. The van der Waals surface area contributed by atoms with Gasteiger partial charge in [-0.25, -0.2) is 4.39 Å². The number of rotatable bonds is 4. The van der Waals surface area contributed by atoms with Gasteiger partial charge in [-0.2, -0.15) is 0 Å². The highest BCUT2D eigenvalue weighted by Gasteiger charge is 2.05. The van der Waals surface area contributed by atoms with E-state index in [0.717, 1.165) is 0 Å². The van der Waals surface area contributed by atoms with E-state index in [-0.39, 0.29) is 6.42 Å². The van der Waals surface area contributed by atoms with Crippen molar-refractivity contribution < 1.29 is 19.1 Å². The average molecular weight is 208 g/mol. The van der Waals surface area contributed by atoms with Crippen LogP contribution in [0.5, 0.6) is 0 Å². The highest BCUT2D eigenvalue weighted by Crippen LogP contribution is 2.13. The molecule has 1 aromatic rings. The second-order valence-corrected chi connectivity index (χ2v) is 2.91. The molecule has 0 aliphatic rings. The smallest absolute Gasteiger partial charge is 0.307 e. The first-order valence-electron chi connectivity index (χ1n) is 4.25. The van der Waals surface area contributed by atoms with Crippen molar-refractivity contribution in [3.63, 3.8) is 0 Å². The molecule has 0 unspecified atom stereocenters. The lowest BCUT2D eigenvalue weighted by Crippen LogP contribution is -2.02. The van der Waals surface area contributed by atoms with Crippen molar-refractivity contribution in [2.45, 2.75) is 6.42 Å². The van der Waals surface area contributed by atoms with E-state index in [9.17, 15) is 14.0 Å². The standard InChI is InChI=1S/C11H9FO3/c12-10-4-3-9(7-11(14)15)8(6-10)2-1-5-13/h1-6H,7H2,(H,14,15). The van der Waals surface area contributed by atoms with Crippen LogP contribution in [0.2, 0.25) is 0 Å². The predicted octanol–water partition coefficient (Wildman–Crippen LogP) is 1.66. The van der Waals surface area contributed by atoms with Crippen molar-refractivity contribution in [3.8, 4) is 0 Å². The highest BCUT2D eigenvalue weighted by molar-refractivity contribution is 5.77. The maximum atomic E-state index is 12.8. The molecule has 0 saturated heterocycles. The monoisotopic (exact) mass is 208 g/mol. The van der Waals surface area contributed by atoms with Crippen molar-refractivity contribution >= 4 is 18.3 Å². The molecule has 3 nitrogen and oxygen atoms in total. The molecule has 0 aliphatic carbocycles. The predicted molar refractivity (Wildman–Crippen MR) is 52.8 cm³/mol. The van der Waals surface area contributed by atoms with Gasteiger partial charge in [-0.05, 0) is 29.3 Å². The number of carboxylic acids is 1. The summed E-state index contributed by atoms with van der Waals surface area (Å²) in [7, 11) is 0. The molecule has 78 valence electrons. The van der Waals surface area contributed by atoms with Crippen molar-refractivity contribution in [1.82, 2.24) is 0 Å². The summed E-state index contributed by atoms with van der Waals surface area (Å²) in [5, 5.41) is 8.60. The van der Waals surface area contributed by atoms with E-state index in [1.807, 2.05) is 0 Å². The molecule has 0 radical (unpaired) electrons. The van der Waals surface area contributed by atoms with E-state index in [2.05, 4.69) is 0 Å². The van der Waals surface area contributed by atoms with Gasteiger partial charge >= 0.3 is 5.97 Å². The largest absolute Gasteiger partial charge is 0.481 e. The first-order chi connectivity index (χ1) is 7.13. The number of carbonyl (C=O) groups excluding carboxylic acids is 1. The van der Waals surface area contributed by atoms with Gasteiger partial charge < -0.3 is 5.11 Å². The zero-order valence-electron chi connectivity index (χ0n) is 7.81. The molecular formula is C11H9FO3. The quantitative estimate of drug-likeness (QED) is 0.604. The van der Waals surface area contributed by atoms with Gasteiger partial charge in [0, 0.05) is 0 Å². The van der Waals surface area contributed by atoms with E-state index in [4.69, 9.17) is 5.11 Å². The fourth-order valence-electron chi connectivity index (χ4n) is 1.19. The molecule has 0 saturated carbocycles. The van der Waals surface area contributed by atoms with E-state index in [1.165, 1.54) is 30.4 Å². The number of benzene rings is 1. The van der Waals surface area contributed by atoms with Crippen LogP contribution in [0.15, 0.2) is 24.3 Å². The van der Waals surface area contributed by atoms with Gasteiger partial charge in [0.05, 0.1) is 6.42 Å². The Morgan fingerprint density at radius 3 is 2.80 bits per heavy atom. The Kier molecular flexibility index (Phi) is 3.74. The number of carbonyl (C=O) groups is 2. The third kappa shape index (κ3) is 3.34. The lowest BCUT2D eigenvalue weighted by atomic mass is 10.0. The number of hydrogen-bond acceptors (Lipinski definition) is 2. The number of aldehydes is 1. The summed E-state index contributed by atoms with van der Waals surface area (Å²) < 4.78 is 12.8. The number of hydrogen-bond donors (Lipinski definition) is 1. The zero-order chi connectivity index (χ0) is 11.3. The van der Waals surface area contributed by atoms with Crippen molar-refractivity contribution in [2.24, 2.45) is 0 Å². The lowest BCUT2D eigenvalue weighted by Gasteiger charge is -2.02. The summed E-state index contributed by atoms with van der Waals surface area (Å²) in [5.41, 5.74) is 0.881. The minimum absolute atomic E-state index is 0.196. The van der Waals surface area contributed by atoms with Gasteiger partial charge in [-0.3, -0.25) is 9.59 Å². The minimum Gasteiger partial charge on any atom is -0.481 e. The van der Waals surface area contributed by atoms with E-state index in [1.54, 1.807) is 0 Å². The summed E-state index contributed by atoms with van der Waals surface area (Å²) >= 11 is 0. The molecule has 1 N–H and O–H groups in total. The number of allylic oxidation sites excluding steroid dienone is 1. The molecule has 0 fully saturated rings. The van der Waals surface area contributed by atoms with Crippen LogP contribution < -0.4 is 0 Å². The zero-order valence-corrected chi connectivity index (χ0v) is 7.81. The third-order valence-corrected chi connectivity index (χ3v) is 1.80. The van der Waals surface area contributed by atoms with Gasteiger partial charge in [0.1, 0.15) is 12.1 Å². The summed E-state index contributed by atoms with van der Waals surface area (Å²) in [6.07, 6.45) is 2.93. The average Bonchev–Trinajstić information content (AvgIpc) is 2.18. The summed E-state index contributed by atoms with van der Waals surface area (Å²) in [6, 6.07) is 3.78. The minimum atomic E-state index is -0.998. The Hall–Kier alpha value is -1.97. The second-order valence-electron chi connectivity index (χ2n) is 2.91. The third-order valence-electron chi connectivity index (χ3n) is 1.80. The highest BCUT2D eigenvalue weighted by atomic mass is 19.1. The number of aliphatic carboxylic acids is 1. The Labute approximate surface area is 85.8 Å². The molecule has 15 heavy (non-hydrogen) atoms. The van der Waals surface area contributed by atoms with Crippen LogP contribution in [0.3, 0.4) is 0 Å². The summed E-state index contributed by atoms with van der Waals surface area (Å²) in [4.78, 5) is 20.6. The Balaban J connectivity index is 3.07. The van der Waals surface area contributed by atoms with Gasteiger partial charge in [-0.1, -0.05) is 12.1 Å². The molecule has 0 bridgehead atoms. The molecule has 0 amide bonds. The number of halogens is 1. The van der Waals surface area contributed by atoms with Gasteiger partial charge in [-0.15, -0.1) is 0 Å². The van der Waals surface area contributed by atoms with Crippen LogP contribution in [0, 0.1) is 5.82 Å². The topological polar surface area (TPSA) is 54.4 Å². The fourth-order valence-corrected chi connectivity index (χ4v) is 1.19. The van der Waals surface area contributed by atoms with Crippen molar-refractivity contribution in [3.05, 3.63) is 41.2 Å². The van der Waals surface area contributed by atoms with Gasteiger partial charge in [0.25, 0.3) is 0 Å².